The summed E-state index contributed by atoms with van der Waals surface area (Å²) in [6.45, 7) is 4.29. The fourth-order valence-electron chi connectivity index (χ4n) is 3.28. The van der Waals surface area contributed by atoms with Gasteiger partial charge in [0.25, 0.3) is 6.47 Å². The molecule has 1 N–H and O–H groups in total. The number of nitrogens with one attached hydrogen (secondary N) is 1. The maximum absolute atomic E-state index is 11.0. The normalized spacial score (nSPS) is 19.6. The van der Waals surface area contributed by atoms with Gasteiger partial charge in [0.05, 0.1) is 6.04 Å². The van der Waals surface area contributed by atoms with Crippen LogP contribution < -0.4 is 5.32 Å². The van der Waals surface area contributed by atoms with Gasteiger partial charge >= 0.3 is 0 Å². The van der Waals surface area contributed by atoms with E-state index in [1.807, 2.05) is 24.3 Å². The van der Waals surface area contributed by atoms with Crippen molar-refractivity contribution >= 4 is 6.47 Å². The first kappa shape index (κ1) is 16.7. The lowest BCUT2D eigenvalue weighted by Gasteiger charge is -2.37. The van der Waals surface area contributed by atoms with Crippen LogP contribution >= 0.6 is 0 Å². The Bertz CT molecular complexity index is 618. The van der Waals surface area contributed by atoms with Gasteiger partial charge in [0.2, 0.25) is 0 Å². The second-order valence-corrected chi connectivity index (χ2v) is 6.24. The highest BCUT2D eigenvalue weighted by Gasteiger charge is 2.28. The van der Waals surface area contributed by atoms with E-state index in [0.717, 1.165) is 32.6 Å². The lowest BCUT2D eigenvalue weighted by molar-refractivity contribution is -0.135. The third-order valence-electron chi connectivity index (χ3n) is 4.50. The molecule has 1 saturated heterocycles. The minimum absolute atomic E-state index is 0.146. The number of hydrogen-bond donors (Lipinski definition) is 1. The molecule has 2 unspecified atom stereocenters. The van der Waals surface area contributed by atoms with Gasteiger partial charge in [0.15, 0.2) is 0 Å². The van der Waals surface area contributed by atoms with Crippen LogP contribution in [0.3, 0.4) is 0 Å². The molecule has 2 aromatic carbocycles. The number of nitrogens with zero attached hydrogens (tertiary/aromatic N) is 1. The van der Waals surface area contributed by atoms with Gasteiger partial charge in [-0.2, -0.15) is 0 Å². The fourth-order valence-corrected chi connectivity index (χ4v) is 3.28. The molecule has 2 aromatic rings. The lowest BCUT2D eigenvalue weighted by Crippen LogP contribution is -2.56. The van der Waals surface area contributed by atoms with Gasteiger partial charge in [-0.3, -0.25) is 9.69 Å². The average Bonchev–Trinajstić information content (AvgIpc) is 2.63. The summed E-state index contributed by atoms with van der Waals surface area (Å²) in [6, 6.07) is 20.8. The second-order valence-electron chi connectivity index (χ2n) is 6.24. The molecule has 1 aliphatic heterocycles. The molecule has 0 aromatic heterocycles. The van der Waals surface area contributed by atoms with E-state index in [1.165, 1.54) is 11.1 Å². The minimum atomic E-state index is -0.150. The van der Waals surface area contributed by atoms with Crippen molar-refractivity contribution < 1.29 is 9.53 Å². The molecule has 4 nitrogen and oxygen atoms in total. The molecule has 4 heteroatoms. The first-order valence-electron chi connectivity index (χ1n) is 8.48. The van der Waals surface area contributed by atoms with Gasteiger partial charge < -0.3 is 10.1 Å². The quantitative estimate of drug-likeness (QED) is 0.793. The Kier molecular flexibility index (Phi) is 5.99. The molecular formula is C20H24N2O2. The number of benzene rings is 2. The lowest BCUT2D eigenvalue weighted by atomic mass is 10.00. The molecule has 1 aliphatic rings. The van der Waals surface area contributed by atoms with Crippen molar-refractivity contribution in [3.8, 4) is 0 Å². The van der Waals surface area contributed by atoms with Crippen LogP contribution in [0.15, 0.2) is 60.7 Å². The van der Waals surface area contributed by atoms with E-state index in [2.05, 4.69) is 46.6 Å². The molecule has 126 valence electrons. The molecule has 0 bridgehead atoms. The van der Waals surface area contributed by atoms with Crippen LogP contribution in [0.4, 0.5) is 0 Å². The molecule has 2 atom stereocenters. The van der Waals surface area contributed by atoms with Crippen LogP contribution in [0.2, 0.25) is 0 Å². The molecule has 1 fully saturated rings. The van der Waals surface area contributed by atoms with E-state index >= 15 is 0 Å². The molecule has 24 heavy (non-hydrogen) atoms. The van der Waals surface area contributed by atoms with E-state index < -0.39 is 0 Å². The molecular weight excluding hydrogens is 300 g/mol. The third kappa shape index (κ3) is 4.66. The predicted molar refractivity (Wildman–Crippen MR) is 94.6 cm³/mol. The number of carbonyl (C=O) groups is 1. The standard InChI is InChI=1S/C20H24N2O2/c23-16-24-20(13-17-7-3-1-4-8-17)19-15-22(12-11-21-19)14-18-9-5-2-6-10-18/h1-10,16,19-21H,11-15H2. The first-order valence-corrected chi connectivity index (χ1v) is 8.48. The summed E-state index contributed by atoms with van der Waals surface area (Å²) in [7, 11) is 0. The van der Waals surface area contributed by atoms with E-state index in [4.69, 9.17) is 4.74 Å². The first-order chi connectivity index (χ1) is 11.8. The summed E-state index contributed by atoms with van der Waals surface area (Å²) in [4.78, 5) is 13.4. The van der Waals surface area contributed by atoms with Crippen LogP contribution in [0.5, 0.6) is 0 Å². The van der Waals surface area contributed by atoms with Crippen molar-refractivity contribution in [1.82, 2.24) is 10.2 Å². The Morgan fingerprint density at radius 2 is 1.75 bits per heavy atom. The minimum Gasteiger partial charge on any atom is -0.463 e. The maximum Gasteiger partial charge on any atom is 0.293 e. The van der Waals surface area contributed by atoms with Gasteiger partial charge in [-0.05, 0) is 11.1 Å². The molecule has 0 aliphatic carbocycles. The van der Waals surface area contributed by atoms with Crippen LogP contribution in [-0.4, -0.2) is 43.2 Å². The number of ether oxygens (including phenoxy) is 1. The number of hydrogen-bond acceptors (Lipinski definition) is 4. The van der Waals surface area contributed by atoms with Crippen molar-refractivity contribution in [3.05, 3.63) is 71.8 Å². The van der Waals surface area contributed by atoms with Crippen molar-refractivity contribution in [2.45, 2.75) is 25.1 Å². The number of piperazine rings is 1. The van der Waals surface area contributed by atoms with Crippen LogP contribution in [0.1, 0.15) is 11.1 Å². The van der Waals surface area contributed by atoms with Crippen molar-refractivity contribution in [1.29, 1.82) is 0 Å². The zero-order valence-corrected chi connectivity index (χ0v) is 13.8. The van der Waals surface area contributed by atoms with Crippen molar-refractivity contribution in [2.75, 3.05) is 19.6 Å². The number of rotatable bonds is 7. The molecule has 3 rings (SSSR count). The largest absolute Gasteiger partial charge is 0.463 e. The van der Waals surface area contributed by atoms with E-state index in [9.17, 15) is 4.79 Å². The summed E-state index contributed by atoms with van der Waals surface area (Å²) in [5.74, 6) is 0. The summed E-state index contributed by atoms with van der Waals surface area (Å²) < 4.78 is 5.41. The van der Waals surface area contributed by atoms with E-state index in [-0.39, 0.29) is 12.1 Å². The van der Waals surface area contributed by atoms with Gasteiger partial charge in [-0.15, -0.1) is 0 Å². The Balaban J connectivity index is 1.63. The van der Waals surface area contributed by atoms with Crippen molar-refractivity contribution in [3.63, 3.8) is 0 Å². The number of carbonyl (C=O) groups excluding carboxylic acids is 1. The maximum atomic E-state index is 11.0. The molecule has 0 radical (unpaired) electrons. The topological polar surface area (TPSA) is 41.6 Å². The molecule has 0 spiro atoms. The molecule has 0 amide bonds. The summed E-state index contributed by atoms with van der Waals surface area (Å²) in [5, 5.41) is 3.51. The van der Waals surface area contributed by atoms with Gasteiger partial charge in [0.1, 0.15) is 6.10 Å². The zero-order valence-electron chi connectivity index (χ0n) is 13.8. The monoisotopic (exact) mass is 324 g/mol. The third-order valence-corrected chi connectivity index (χ3v) is 4.50. The average molecular weight is 324 g/mol. The highest BCUT2D eigenvalue weighted by molar-refractivity contribution is 5.38. The van der Waals surface area contributed by atoms with Gasteiger partial charge in [-0.1, -0.05) is 60.7 Å². The molecule has 0 saturated carbocycles. The summed E-state index contributed by atoms with van der Waals surface area (Å²) >= 11 is 0. The summed E-state index contributed by atoms with van der Waals surface area (Å²) in [6.07, 6.45) is 0.583. The van der Waals surface area contributed by atoms with Crippen LogP contribution in [-0.2, 0) is 22.5 Å². The van der Waals surface area contributed by atoms with Crippen LogP contribution in [0.25, 0.3) is 0 Å². The Morgan fingerprint density at radius 3 is 2.42 bits per heavy atom. The smallest absolute Gasteiger partial charge is 0.293 e. The highest BCUT2D eigenvalue weighted by atomic mass is 16.5. The molecule has 1 heterocycles. The van der Waals surface area contributed by atoms with Crippen molar-refractivity contribution in [2.24, 2.45) is 0 Å². The zero-order chi connectivity index (χ0) is 16.6. The Hall–Kier alpha value is -2.17. The SMILES string of the molecule is O=COC(Cc1ccccc1)C1CN(Cc2ccccc2)CCN1. The van der Waals surface area contributed by atoms with Gasteiger partial charge in [-0.25, -0.2) is 0 Å². The van der Waals surface area contributed by atoms with E-state index in [1.54, 1.807) is 0 Å². The predicted octanol–water partition coefficient (Wildman–Crippen LogP) is 2.24. The van der Waals surface area contributed by atoms with E-state index in [0.29, 0.717) is 6.47 Å². The second kappa shape index (κ2) is 8.62. The van der Waals surface area contributed by atoms with Crippen LogP contribution in [0, 0.1) is 0 Å². The highest BCUT2D eigenvalue weighted by Crippen LogP contribution is 2.14. The fraction of sp³-hybridized carbons (Fsp3) is 0.350. The Morgan fingerprint density at radius 1 is 1.08 bits per heavy atom. The Labute approximate surface area is 143 Å². The van der Waals surface area contributed by atoms with Gasteiger partial charge in [0, 0.05) is 32.6 Å². The summed E-state index contributed by atoms with van der Waals surface area (Å²) in [5.41, 5.74) is 2.50.